The van der Waals surface area contributed by atoms with Crippen LogP contribution in [0, 0.1) is 0 Å². The van der Waals surface area contributed by atoms with Gasteiger partial charge in [0.05, 0.1) is 4.48 Å². The van der Waals surface area contributed by atoms with Gasteiger partial charge in [-0.3, -0.25) is 9.59 Å². The Kier molecular flexibility index (Phi) is 1.85. The van der Waals surface area contributed by atoms with Crippen LogP contribution in [-0.2, 0) is 9.59 Å². The highest BCUT2D eigenvalue weighted by atomic mass is 79.9. The normalized spacial score (nSPS) is 18.6. The van der Waals surface area contributed by atoms with E-state index in [1.165, 1.54) is 12.2 Å². The second-order valence-electron chi connectivity index (χ2n) is 2.05. The van der Waals surface area contributed by atoms with Gasteiger partial charge < -0.3 is 0 Å². The molecule has 3 heteroatoms. The quantitative estimate of drug-likeness (QED) is 0.554. The molecule has 0 N–H and O–H groups in total. The lowest BCUT2D eigenvalue weighted by Crippen LogP contribution is -2.08. The molecule has 10 heavy (non-hydrogen) atoms. The Labute approximate surface area is 66.7 Å². The van der Waals surface area contributed by atoms with Crippen molar-refractivity contribution in [2.24, 2.45) is 0 Å². The first-order valence-corrected chi connectivity index (χ1v) is 3.54. The van der Waals surface area contributed by atoms with Crippen LogP contribution in [0.25, 0.3) is 0 Å². The lowest BCUT2D eigenvalue weighted by atomic mass is 10.1. The minimum atomic E-state index is -0.135. The average Bonchev–Trinajstić information content (AvgIpc) is 1.82. The van der Waals surface area contributed by atoms with Crippen molar-refractivity contribution in [3.63, 3.8) is 0 Å². The van der Waals surface area contributed by atoms with E-state index in [2.05, 4.69) is 15.9 Å². The zero-order valence-electron chi connectivity index (χ0n) is 5.35. The lowest BCUT2D eigenvalue weighted by Gasteiger charge is -2.02. The van der Waals surface area contributed by atoms with Gasteiger partial charge in [-0.15, -0.1) is 0 Å². The topological polar surface area (TPSA) is 34.1 Å². The molecular formula is C7H5BrO2. The molecule has 0 bridgehead atoms. The minimum Gasteiger partial charge on any atom is -0.290 e. The molecule has 0 fully saturated rings. The van der Waals surface area contributed by atoms with Crippen molar-refractivity contribution in [1.29, 1.82) is 0 Å². The number of allylic oxidation sites excluding steroid dienone is 4. The van der Waals surface area contributed by atoms with Crippen molar-refractivity contribution < 1.29 is 9.59 Å². The fourth-order valence-electron chi connectivity index (χ4n) is 0.699. The third kappa shape index (κ3) is 1.24. The van der Waals surface area contributed by atoms with Crippen molar-refractivity contribution in [1.82, 2.24) is 0 Å². The van der Waals surface area contributed by atoms with Crippen LogP contribution < -0.4 is 0 Å². The first kappa shape index (κ1) is 7.41. The van der Waals surface area contributed by atoms with Crippen LogP contribution in [0.2, 0.25) is 0 Å². The Bertz CT molecular complexity index is 237. The molecule has 0 saturated carbocycles. The van der Waals surface area contributed by atoms with Crippen molar-refractivity contribution in [2.45, 2.75) is 6.92 Å². The van der Waals surface area contributed by atoms with E-state index in [1.807, 2.05) is 0 Å². The molecule has 0 atom stereocenters. The van der Waals surface area contributed by atoms with Gasteiger partial charge in [-0.2, -0.15) is 0 Å². The maximum absolute atomic E-state index is 10.9. The molecule has 1 rings (SSSR count). The summed E-state index contributed by atoms with van der Waals surface area (Å²) in [5.41, 5.74) is 0.486. The third-order valence-electron chi connectivity index (χ3n) is 1.20. The molecule has 0 spiro atoms. The van der Waals surface area contributed by atoms with Crippen LogP contribution in [0.1, 0.15) is 6.92 Å². The lowest BCUT2D eigenvalue weighted by molar-refractivity contribution is -0.114. The van der Waals surface area contributed by atoms with Gasteiger partial charge in [-0.1, -0.05) is 0 Å². The Morgan fingerprint density at radius 3 is 2.40 bits per heavy atom. The highest BCUT2D eigenvalue weighted by Crippen LogP contribution is 2.16. The second-order valence-corrected chi connectivity index (χ2v) is 2.91. The van der Waals surface area contributed by atoms with Gasteiger partial charge in [0.25, 0.3) is 0 Å². The molecule has 0 heterocycles. The SMILES string of the molecule is CC1=CC(=O)C=C(Br)C1=O. The Balaban J connectivity index is 3.05. The summed E-state index contributed by atoms with van der Waals surface area (Å²) in [5.74, 6) is -0.247. The standard InChI is InChI=1S/C7H5BrO2/c1-4-2-5(9)3-6(8)7(4)10/h2-3H,1H3. The molecule has 0 aliphatic heterocycles. The molecule has 0 aromatic heterocycles. The van der Waals surface area contributed by atoms with E-state index >= 15 is 0 Å². The highest BCUT2D eigenvalue weighted by molar-refractivity contribution is 9.12. The molecule has 0 saturated heterocycles. The van der Waals surface area contributed by atoms with Gasteiger partial charge in [0.1, 0.15) is 0 Å². The maximum Gasteiger partial charge on any atom is 0.195 e. The predicted molar refractivity (Wildman–Crippen MR) is 40.8 cm³/mol. The van der Waals surface area contributed by atoms with E-state index in [1.54, 1.807) is 6.92 Å². The van der Waals surface area contributed by atoms with Gasteiger partial charge in [0.2, 0.25) is 0 Å². The molecule has 0 unspecified atom stereocenters. The molecule has 1 aliphatic carbocycles. The van der Waals surface area contributed by atoms with Gasteiger partial charge in [0, 0.05) is 11.6 Å². The summed E-state index contributed by atoms with van der Waals surface area (Å²) in [7, 11) is 0. The van der Waals surface area contributed by atoms with E-state index in [9.17, 15) is 9.59 Å². The zero-order chi connectivity index (χ0) is 7.72. The number of ketones is 2. The molecule has 0 amide bonds. The summed E-state index contributed by atoms with van der Waals surface area (Å²) >= 11 is 2.98. The van der Waals surface area contributed by atoms with E-state index in [-0.39, 0.29) is 11.6 Å². The Morgan fingerprint density at radius 2 is 1.90 bits per heavy atom. The highest BCUT2D eigenvalue weighted by Gasteiger charge is 2.15. The first-order valence-electron chi connectivity index (χ1n) is 2.75. The maximum atomic E-state index is 10.9. The van der Waals surface area contributed by atoms with Crippen LogP contribution in [0.4, 0.5) is 0 Å². The van der Waals surface area contributed by atoms with Crippen molar-refractivity contribution >= 4 is 27.5 Å². The van der Waals surface area contributed by atoms with Crippen LogP contribution in [0.15, 0.2) is 22.2 Å². The van der Waals surface area contributed by atoms with E-state index in [0.717, 1.165) is 0 Å². The summed E-state index contributed by atoms with van der Waals surface area (Å²) in [4.78, 5) is 21.6. The third-order valence-corrected chi connectivity index (χ3v) is 1.79. The predicted octanol–water partition coefficient (Wildman–Crippen LogP) is 1.36. The van der Waals surface area contributed by atoms with Crippen molar-refractivity contribution in [3.8, 4) is 0 Å². The summed E-state index contributed by atoms with van der Waals surface area (Å²) in [6.45, 7) is 1.62. The van der Waals surface area contributed by atoms with E-state index in [4.69, 9.17) is 0 Å². The van der Waals surface area contributed by atoms with Gasteiger partial charge in [0.15, 0.2) is 11.6 Å². The number of carbonyl (C=O) groups is 2. The molecule has 0 aromatic rings. The first-order chi connectivity index (χ1) is 4.61. The van der Waals surface area contributed by atoms with Crippen LogP contribution in [0.5, 0.6) is 0 Å². The summed E-state index contributed by atoms with van der Waals surface area (Å²) in [6.07, 6.45) is 2.60. The van der Waals surface area contributed by atoms with Gasteiger partial charge in [-0.25, -0.2) is 0 Å². The molecule has 0 aromatic carbocycles. The summed E-state index contributed by atoms with van der Waals surface area (Å²) in [5, 5.41) is 0. The molecular weight excluding hydrogens is 196 g/mol. The van der Waals surface area contributed by atoms with Crippen LogP contribution >= 0.6 is 15.9 Å². The molecule has 52 valence electrons. The average molecular weight is 201 g/mol. The molecule has 2 nitrogen and oxygen atoms in total. The minimum absolute atomic E-state index is 0.111. The Hall–Kier alpha value is -0.700. The number of carbonyl (C=O) groups excluding carboxylic acids is 2. The number of hydrogen-bond donors (Lipinski definition) is 0. The fraction of sp³-hybridized carbons (Fsp3) is 0.143. The monoisotopic (exact) mass is 200 g/mol. The number of halogens is 1. The molecule has 0 radical (unpaired) electrons. The largest absolute Gasteiger partial charge is 0.290 e. The van der Waals surface area contributed by atoms with Gasteiger partial charge >= 0.3 is 0 Å². The van der Waals surface area contributed by atoms with Crippen molar-refractivity contribution in [2.75, 3.05) is 0 Å². The number of hydrogen-bond acceptors (Lipinski definition) is 2. The second kappa shape index (κ2) is 2.50. The smallest absolute Gasteiger partial charge is 0.195 e. The van der Waals surface area contributed by atoms with E-state index in [0.29, 0.717) is 10.1 Å². The van der Waals surface area contributed by atoms with E-state index < -0.39 is 0 Å². The fourth-order valence-corrected chi connectivity index (χ4v) is 1.24. The van der Waals surface area contributed by atoms with Gasteiger partial charge in [-0.05, 0) is 28.9 Å². The molecule has 1 aliphatic rings. The summed E-state index contributed by atoms with van der Waals surface area (Å²) in [6, 6.07) is 0. The van der Waals surface area contributed by atoms with Crippen LogP contribution in [0.3, 0.4) is 0 Å². The van der Waals surface area contributed by atoms with Crippen LogP contribution in [-0.4, -0.2) is 11.6 Å². The summed E-state index contributed by atoms with van der Waals surface area (Å²) < 4.78 is 0.345. The Morgan fingerprint density at radius 1 is 1.30 bits per heavy atom. The zero-order valence-corrected chi connectivity index (χ0v) is 6.94. The number of Topliss-reactive ketones (excluding diaryl/α,β-unsaturated/α-hetero) is 1. The van der Waals surface area contributed by atoms with Crippen molar-refractivity contribution in [3.05, 3.63) is 22.2 Å². The number of rotatable bonds is 0.